The van der Waals surface area contributed by atoms with Crippen molar-refractivity contribution in [3.63, 3.8) is 0 Å². The molecule has 0 atom stereocenters. The lowest BCUT2D eigenvalue weighted by atomic mass is 9.95. The largest absolute Gasteiger partial charge is 1.00 e. The molecule has 0 fully saturated rings. The number of rotatable bonds is 2. The fourth-order valence-corrected chi connectivity index (χ4v) is 2.16. The van der Waals surface area contributed by atoms with Crippen molar-refractivity contribution in [2.24, 2.45) is 53.7 Å². The lowest BCUT2D eigenvalue weighted by Crippen LogP contribution is -2.31. The molecule has 192 valence electrons. The smallest absolute Gasteiger partial charge is 0.387 e. The molecule has 0 unspecified atom stereocenters. The fourth-order valence-electron chi connectivity index (χ4n) is 2.03. The summed E-state index contributed by atoms with van der Waals surface area (Å²) in [5, 5.41) is 0.653. The maximum absolute atomic E-state index is 5.82. The zero-order valence-corrected chi connectivity index (χ0v) is 21.9. The third-order valence-electron chi connectivity index (χ3n) is 4.35. The number of hydrogen-bond acceptors (Lipinski definition) is 2. The van der Waals surface area contributed by atoms with E-state index in [1.54, 1.807) is 24.3 Å². The van der Waals surface area contributed by atoms with E-state index in [1.165, 1.54) is 5.56 Å². The number of nitrogens with two attached hydrogens (primary N) is 4. The Labute approximate surface area is 216 Å². The molecular formula is C26H42ClN8+. The molecule has 0 radical (unpaired) electrons. The van der Waals surface area contributed by atoms with Gasteiger partial charge in [0.15, 0.2) is 0 Å². The van der Waals surface area contributed by atoms with E-state index in [0.717, 1.165) is 5.69 Å². The van der Waals surface area contributed by atoms with Crippen LogP contribution in [0.15, 0.2) is 68.5 Å². The Hall–Kier alpha value is -3.39. The molecule has 8 nitrogen and oxygen atoms in total. The van der Waals surface area contributed by atoms with Crippen LogP contribution in [-0.2, 0) is 0 Å². The molecule has 0 amide bonds. The highest BCUT2D eigenvalue weighted by molar-refractivity contribution is 6.30. The van der Waals surface area contributed by atoms with Gasteiger partial charge in [0.2, 0.25) is 11.9 Å². The quantitative estimate of drug-likeness (QED) is 0.304. The fraction of sp³-hybridized carbons (Fsp3) is 0.385. The first-order valence-electron chi connectivity index (χ1n) is 10.8. The van der Waals surface area contributed by atoms with Crippen LogP contribution < -0.4 is 22.9 Å². The van der Waals surface area contributed by atoms with Crippen LogP contribution in [-0.4, -0.2) is 23.6 Å². The summed E-state index contributed by atoms with van der Waals surface area (Å²) in [4.78, 5) is 16.4. The summed E-state index contributed by atoms with van der Waals surface area (Å²) in [6.07, 6.45) is 0. The number of aliphatic imine (C=N–C) groups is 4. The molecule has 0 saturated carbocycles. The van der Waals surface area contributed by atoms with E-state index in [9.17, 15) is 0 Å². The number of halogens is 1. The van der Waals surface area contributed by atoms with E-state index in [0.29, 0.717) is 22.4 Å². The van der Waals surface area contributed by atoms with E-state index in [-0.39, 0.29) is 31.6 Å². The van der Waals surface area contributed by atoms with Gasteiger partial charge in [-0.25, -0.2) is 20.0 Å². The summed E-state index contributed by atoms with van der Waals surface area (Å²) < 4.78 is 0. The molecule has 0 aliphatic heterocycles. The van der Waals surface area contributed by atoms with Crippen molar-refractivity contribution in [2.45, 2.75) is 55.9 Å². The van der Waals surface area contributed by atoms with E-state index >= 15 is 0 Å². The van der Waals surface area contributed by atoms with Gasteiger partial charge < -0.3 is 22.9 Å². The molecule has 35 heavy (non-hydrogen) atoms. The second-order valence-electron chi connectivity index (χ2n) is 9.75. The molecule has 2 aromatic rings. The third-order valence-corrected chi connectivity index (χ3v) is 4.61. The average molecular weight is 502 g/mol. The molecule has 0 bridgehead atoms. The van der Waals surface area contributed by atoms with Crippen LogP contribution in [0, 0.1) is 17.8 Å². The summed E-state index contributed by atoms with van der Waals surface area (Å²) >= 11 is 5.77. The lowest BCUT2D eigenvalue weighted by Gasteiger charge is -2.16. The molecular weight excluding hydrogens is 460 g/mol. The van der Waals surface area contributed by atoms with Gasteiger partial charge in [-0.3, -0.25) is 0 Å². The number of benzene rings is 2. The van der Waals surface area contributed by atoms with Crippen molar-refractivity contribution in [1.29, 1.82) is 0 Å². The summed E-state index contributed by atoms with van der Waals surface area (Å²) in [6, 6.07) is 14.7. The van der Waals surface area contributed by atoms with Gasteiger partial charge in [-0.2, -0.15) is 0 Å². The monoisotopic (exact) mass is 501 g/mol. The zero-order chi connectivity index (χ0) is 26.1. The Morgan fingerprint density at radius 3 is 1.29 bits per heavy atom. The highest BCUT2D eigenvalue weighted by atomic mass is 35.5. The molecule has 8 N–H and O–H groups in total. The highest BCUT2D eigenvalue weighted by Crippen LogP contribution is 2.17. The maximum Gasteiger partial charge on any atom is 1.00 e. The van der Waals surface area contributed by atoms with E-state index in [4.69, 9.17) is 34.5 Å². The molecule has 0 aliphatic rings. The van der Waals surface area contributed by atoms with Crippen LogP contribution >= 0.6 is 11.6 Å². The van der Waals surface area contributed by atoms with Crippen molar-refractivity contribution in [1.82, 2.24) is 0 Å². The van der Waals surface area contributed by atoms with E-state index < -0.39 is 0 Å². The van der Waals surface area contributed by atoms with Gasteiger partial charge >= 0.3 is 1.43 Å². The number of amidine groups is 2. The molecule has 2 aromatic carbocycles. The van der Waals surface area contributed by atoms with Crippen molar-refractivity contribution < 1.29 is 1.43 Å². The second-order valence-corrected chi connectivity index (χ2v) is 10.2. The van der Waals surface area contributed by atoms with Crippen LogP contribution in [0.1, 0.15) is 56.0 Å². The zero-order valence-electron chi connectivity index (χ0n) is 22.1. The minimum absolute atomic E-state index is 0. The predicted molar refractivity (Wildman–Crippen MR) is 155 cm³/mol. The molecule has 0 heterocycles. The van der Waals surface area contributed by atoms with Crippen LogP contribution in [0.5, 0.6) is 0 Å². The summed E-state index contributed by atoms with van der Waals surface area (Å²) in [5.74, 6) is 1.25. The number of guanidine groups is 2. The second kappa shape index (κ2) is 13.5. The van der Waals surface area contributed by atoms with Crippen molar-refractivity contribution >= 4 is 46.6 Å². The Morgan fingerprint density at radius 1 is 0.657 bits per heavy atom. The molecule has 9 heteroatoms. The Kier molecular flexibility index (Phi) is 12.2. The number of aryl methyl sites for hydroxylation is 1. The SMILES string of the molecule is C.CC(C)(C)C(N)=NC(N)=Nc1ccc(Cl)cc1.Cc1ccc(N=C(N)N=C(N)C(C)(C)C)cc1.[H+]. The Morgan fingerprint density at radius 2 is 0.971 bits per heavy atom. The van der Waals surface area contributed by atoms with Crippen LogP contribution in [0.2, 0.25) is 5.02 Å². The molecule has 0 saturated heterocycles. The summed E-state index contributed by atoms with van der Waals surface area (Å²) in [7, 11) is 0. The van der Waals surface area contributed by atoms with Crippen molar-refractivity contribution in [3.05, 3.63) is 59.1 Å². The minimum atomic E-state index is -0.222. The summed E-state index contributed by atoms with van der Waals surface area (Å²) in [5.41, 5.74) is 25.3. The first-order chi connectivity index (χ1) is 15.6. The van der Waals surface area contributed by atoms with Crippen LogP contribution in [0.3, 0.4) is 0 Å². The van der Waals surface area contributed by atoms with Gasteiger partial charge in [0.1, 0.15) is 11.7 Å². The Bertz CT molecular complexity index is 972. The molecule has 2 rings (SSSR count). The van der Waals surface area contributed by atoms with Gasteiger partial charge in [0.05, 0.1) is 11.4 Å². The number of hydrogen-bond donors (Lipinski definition) is 4. The van der Waals surface area contributed by atoms with Crippen LogP contribution in [0.25, 0.3) is 0 Å². The van der Waals surface area contributed by atoms with Gasteiger partial charge in [0.25, 0.3) is 0 Å². The maximum atomic E-state index is 5.82. The number of nitrogens with zero attached hydrogens (tertiary/aromatic N) is 4. The first-order valence-corrected chi connectivity index (χ1v) is 11.2. The van der Waals surface area contributed by atoms with Crippen LogP contribution in [0.4, 0.5) is 11.4 Å². The van der Waals surface area contributed by atoms with Gasteiger partial charge in [-0.1, -0.05) is 78.3 Å². The van der Waals surface area contributed by atoms with Crippen molar-refractivity contribution in [2.75, 3.05) is 0 Å². The van der Waals surface area contributed by atoms with Gasteiger partial charge in [-0.05, 0) is 43.3 Å². The normalized spacial score (nSPS) is 13.5. The highest BCUT2D eigenvalue weighted by Gasteiger charge is 2.16. The standard InChI is InChI=1S/C13H20N4.C12H17ClN4.CH4/c1-9-5-7-10(8-6-9)16-12(15)17-11(14)13(2,3)4;1-12(2,3)10(14)17-11(15)16-9-6-4-8(13)5-7-9;/h5-8H,1-4H3,(H4,14,15,16,17);4-7H,1-3H3,(H4,14,15,16,17);1H4/p+1. The topological polar surface area (TPSA) is 154 Å². The first kappa shape index (κ1) is 31.6. The molecule has 0 spiro atoms. The molecule has 0 aromatic heterocycles. The molecule has 0 aliphatic carbocycles. The third kappa shape index (κ3) is 12.6. The van der Waals surface area contributed by atoms with Crippen molar-refractivity contribution in [3.8, 4) is 0 Å². The van der Waals surface area contributed by atoms with Gasteiger partial charge in [-0.15, -0.1) is 0 Å². The minimum Gasteiger partial charge on any atom is -0.387 e. The van der Waals surface area contributed by atoms with E-state index in [2.05, 4.69) is 20.0 Å². The Balaban J connectivity index is 0. The van der Waals surface area contributed by atoms with Gasteiger partial charge in [0, 0.05) is 15.9 Å². The average Bonchev–Trinajstić information content (AvgIpc) is 2.70. The lowest BCUT2D eigenvalue weighted by molar-refractivity contribution is 0.585. The predicted octanol–water partition coefficient (Wildman–Crippen LogP) is 5.78. The van der Waals surface area contributed by atoms with E-state index in [1.807, 2.05) is 72.7 Å². The summed E-state index contributed by atoms with van der Waals surface area (Å²) in [6.45, 7) is 13.8.